The summed E-state index contributed by atoms with van der Waals surface area (Å²) in [4.78, 5) is 8.28. The Morgan fingerprint density at radius 3 is 2.65 bits per heavy atom. The van der Waals surface area contributed by atoms with Crippen LogP contribution in [0.1, 0.15) is 23.7 Å². The summed E-state index contributed by atoms with van der Waals surface area (Å²) in [6.07, 6.45) is 2.49. The Morgan fingerprint density at radius 2 is 2.05 bits per heavy atom. The number of aliphatic hydroxyl groups excluding tert-OH is 1. The zero-order valence-electron chi connectivity index (χ0n) is 11.9. The molecule has 0 saturated heterocycles. The van der Waals surface area contributed by atoms with Gasteiger partial charge >= 0.3 is 6.01 Å². The number of benzene rings is 1. The second kappa shape index (κ2) is 6.34. The van der Waals surface area contributed by atoms with E-state index in [1.165, 1.54) is 5.56 Å². The van der Waals surface area contributed by atoms with Crippen LogP contribution in [0.2, 0.25) is 0 Å². The third-order valence-corrected chi connectivity index (χ3v) is 3.07. The molecule has 0 fully saturated rings. The molecule has 0 atom stereocenters. The zero-order valence-corrected chi connectivity index (χ0v) is 11.9. The van der Waals surface area contributed by atoms with Crippen LogP contribution in [-0.2, 0) is 13.0 Å². The minimum atomic E-state index is -0.0827. The topological polar surface area (TPSA) is 64.5 Å². The first kappa shape index (κ1) is 14.3. The number of aromatic nitrogens is 2. The largest absolute Gasteiger partial charge is 0.493 e. The molecule has 106 valence electrons. The van der Waals surface area contributed by atoms with Gasteiger partial charge < -0.3 is 14.6 Å². The van der Waals surface area contributed by atoms with Crippen LogP contribution in [0.25, 0.3) is 0 Å². The van der Waals surface area contributed by atoms with E-state index in [1.807, 2.05) is 18.2 Å². The maximum Gasteiger partial charge on any atom is 0.322 e. The zero-order chi connectivity index (χ0) is 14.5. The van der Waals surface area contributed by atoms with E-state index in [9.17, 15) is 0 Å². The van der Waals surface area contributed by atoms with Gasteiger partial charge in [-0.25, -0.2) is 4.98 Å². The van der Waals surface area contributed by atoms with Crippen LogP contribution in [0.5, 0.6) is 17.5 Å². The fourth-order valence-electron chi connectivity index (χ4n) is 1.79. The molecule has 0 bridgehead atoms. The molecule has 0 aliphatic rings. The van der Waals surface area contributed by atoms with Crippen molar-refractivity contribution in [3.05, 3.63) is 41.2 Å². The molecule has 0 radical (unpaired) electrons. The van der Waals surface area contributed by atoms with Gasteiger partial charge in [0, 0.05) is 11.8 Å². The van der Waals surface area contributed by atoms with E-state index < -0.39 is 0 Å². The molecule has 0 spiro atoms. The van der Waals surface area contributed by atoms with Crippen LogP contribution >= 0.6 is 0 Å². The van der Waals surface area contributed by atoms with Crippen molar-refractivity contribution in [1.29, 1.82) is 0 Å². The van der Waals surface area contributed by atoms with Gasteiger partial charge in [0.1, 0.15) is 0 Å². The number of ether oxygens (including phenoxy) is 2. The van der Waals surface area contributed by atoms with E-state index in [1.54, 1.807) is 20.2 Å². The average molecular weight is 274 g/mol. The van der Waals surface area contributed by atoms with Gasteiger partial charge in [-0.05, 0) is 31.0 Å². The number of rotatable bonds is 5. The van der Waals surface area contributed by atoms with Gasteiger partial charge in [-0.1, -0.05) is 13.0 Å². The second-order valence-electron chi connectivity index (χ2n) is 4.36. The van der Waals surface area contributed by atoms with Gasteiger partial charge in [0.2, 0.25) is 0 Å². The highest BCUT2D eigenvalue weighted by molar-refractivity contribution is 5.44. The number of methoxy groups -OCH3 is 1. The molecule has 2 aromatic rings. The average Bonchev–Trinajstić information content (AvgIpc) is 2.48. The van der Waals surface area contributed by atoms with Crippen molar-refractivity contribution < 1.29 is 14.6 Å². The van der Waals surface area contributed by atoms with Gasteiger partial charge in [0.05, 0.1) is 19.4 Å². The summed E-state index contributed by atoms with van der Waals surface area (Å²) < 4.78 is 11.0. The quantitative estimate of drug-likeness (QED) is 0.908. The molecule has 5 nitrogen and oxygen atoms in total. The Labute approximate surface area is 118 Å². The molecule has 1 N–H and O–H groups in total. The van der Waals surface area contributed by atoms with Gasteiger partial charge in [0.25, 0.3) is 0 Å². The molecule has 0 saturated carbocycles. The SMILES string of the molecule is CCc1ccc(Oc2ncc(CO)c(C)n2)c(OC)c1. The van der Waals surface area contributed by atoms with Crippen LogP contribution < -0.4 is 9.47 Å². The van der Waals surface area contributed by atoms with Crippen molar-refractivity contribution in [2.75, 3.05) is 7.11 Å². The van der Waals surface area contributed by atoms with E-state index in [0.717, 1.165) is 6.42 Å². The highest BCUT2D eigenvalue weighted by Gasteiger charge is 2.09. The fourth-order valence-corrected chi connectivity index (χ4v) is 1.79. The predicted molar refractivity (Wildman–Crippen MR) is 75.1 cm³/mol. The summed E-state index contributed by atoms with van der Waals surface area (Å²) >= 11 is 0. The van der Waals surface area contributed by atoms with E-state index in [4.69, 9.17) is 14.6 Å². The number of hydrogen-bond acceptors (Lipinski definition) is 5. The lowest BCUT2D eigenvalue weighted by Gasteiger charge is -2.11. The number of hydrogen-bond donors (Lipinski definition) is 1. The molecule has 2 rings (SSSR count). The standard InChI is InChI=1S/C15H18N2O3/c1-4-11-5-6-13(14(7-11)19-3)20-15-16-8-12(9-18)10(2)17-15/h5-8,18H,4,9H2,1-3H3. The Kier molecular flexibility index (Phi) is 4.53. The summed E-state index contributed by atoms with van der Waals surface area (Å²) in [5.41, 5.74) is 2.55. The lowest BCUT2D eigenvalue weighted by molar-refractivity contribution is 0.279. The van der Waals surface area contributed by atoms with Crippen LogP contribution in [0.15, 0.2) is 24.4 Å². The maximum atomic E-state index is 9.10. The lowest BCUT2D eigenvalue weighted by atomic mass is 10.1. The Morgan fingerprint density at radius 1 is 1.25 bits per heavy atom. The molecular weight excluding hydrogens is 256 g/mol. The molecule has 1 heterocycles. The molecule has 1 aromatic heterocycles. The number of aliphatic hydroxyl groups is 1. The van der Waals surface area contributed by atoms with Crippen LogP contribution in [0.3, 0.4) is 0 Å². The summed E-state index contributed by atoms with van der Waals surface area (Å²) in [7, 11) is 1.60. The second-order valence-corrected chi connectivity index (χ2v) is 4.36. The van der Waals surface area contributed by atoms with E-state index in [-0.39, 0.29) is 12.6 Å². The van der Waals surface area contributed by atoms with Crippen LogP contribution in [0, 0.1) is 6.92 Å². The van der Waals surface area contributed by atoms with Gasteiger partial charge in [-0.3, -0.25) is 0 Å². The summed E-state index contributed by atoms with van der Waals surface area (Å²) in [6.45, 7) is 3.80. The normalized spacial score (nSPS) is 10.4. The minimum absolute atomic E-state index is 0.0827. The Balaban J connectivity index is 2.27. The fraction of sp³-hybridized carbons (Fsp3) is 0.333. The number of nitrogens with zero attached hydrogens (tertiary/aromatic N) is 2. The first-order valence-electron chi connectivity index (χ1n) is 6.46. The monoisotopic (exact) mass is 274 g/mol. The van der Waals surface area contributed by atoms with Crippen molar-refractivity contribution in [2.24, 2.45) is 0 Å². The molecule has 0 aliphatic carbocycles. The maximum absolute atomic E-state index is 9.10. The smallest absolute Gasteiger partial charge is 0.322 e. The first-order valence-corrected chi connectivity index (χ1v) is 6.46. The highest BCUT2D eigenvalue weighted by Crippen LogP contribution is 2.31. The molecule has 0 aliphatic heterocycles. The molecular formula is C15H18N2O3. The predicted octanol–water partition coefficient (Wildman–Crippen LogP) is 2.64. The third-order valence-electron chi connectivity index (χ3n) is 3.07. The van der Waals surface area contributed by atoms with E-state index in [2.05, 4.69) is 16.9 Å². The van der Waals surface area contributed by atoms with E-state index in [0.29, 0.717) is 22.8 Å². The van der Waals surface area contributed by atoms with Crippen molar-refractivity contribution in [3.63, 3.8) is 0 Å². The summed E-state index contributed by atoms with van der Waals surface area (Å²) in [6, 6.07) is 6.00. The van der Waals surface area contributed by atoms with Gasteiger partial charge in [-0.15, -0.1) is 0 Å². The Bertz CT molecular complexity index is 600. The van der Waals surface area contributed by atoms with E-state index >= 15 is 0 Å². The summed E-state index contributed by atoms with van der Waals surface area (Å²) in [5, 5.41) is 9.10. The molecule has 5 heteroatoms. The van der Waals surface area contributed by atoms with Crippen LogP contribution in [-0.4, -0.2) is 22.2 Å². The Hall–Kier alpha value is -2.14. The van der Waals surface area contributed by atoms with Gasteiger partial charge in [0.15, 0.2) is 11.5 Å². The highest BCUT2D eigenvalue weighted by atomic mass is 16.5. The van der Waals surface area contributed by atoms with Crippen molar-refractivity contribution in [2.45, 2.75) is 26.9 Å². The molecule has 0 unspecified atom stereocenters. The first-order chi connectivity index (χ1) is 9.67. The van der Waals surface area contributed by atoms with Crippen molar-refractivity contribution in [3.8, 4) is 17.5 Å². The molecule has 20 heavy (non-hydrogen) atoms. The minimum Gasteiger partial charge on any atom is -0.493 e. The van der Waals surface area contributed by atoms with Crippen molar-refractivity contribution in [1.82, 2.24) is 9.97 Å². The van der Waals surface area contributed by atoms with Crippen LogP contribution in [0.4, 0.5) is 0 Å². The van der Waals surface area contributed by atoms with Crippen molar-refractivity contribution >= 4 is 0 Å². The summed E-state index contributed by atoms with van der Waals surface area (Å²) in [5.74, 6) is 1.22. The van der Waals surface area contributed by atoms with Gasteiger partial charge in [-0.2, -0.15) is 4.98 Å². The molecule has 0 amide bonds. The third kappa shape index (κ3) is 3.05. The molecule has 1 aromatic carbocycles. The lowest BCUT2D eigenvalue weighted by Crippen LogP contribution is -1.99. The number of aryl methyl sites for hydroxylation is 2.